The molecule has 0 aliphatic carbocycles. The summed E-state index contributed by atoms with van der Waals surface area (Å²) in [4.78, 5) is 21.1. The van der Waals surface area contributed by atoms with E-state index in [1.807, 2.05) is 56.3 Å². The van der Waals surface area contributed by atoms with Gasteiger partial charge in [-0.3, -0.25) is 9.20 Å². The van der Waals surface area contributed by atoms with Gasteiger partial charge >= 0.3 is 0 Å². The zero-order chi connectivity index (χ0) is 21.5. The van der Waals surface area contributed by atoms with E-state index in [0.717, 1.165) is 44.8 Å². The van der Waals surface area contributed by atoms with Gasteiger partial charge in [-0.1, -0.05) is 48.5 Å². The van der Waals surface area contributed by atoms with E-state index in [-0.39, 0.29) is 5.56 Å². The Morgan fingerprint density at radius 1 is 0.968 bits per heavy atom. The number of H-pyrrole nitrogens is 1. The summed E-state index contributed by atoms with van der Waals surface area (Å²) in [6, 6.07) is 22.3. The Hall–Kier alpha value is -3.86. The zero-order valence-electron chi connectivity index (χ0n) is 17.9. The summed E-state index contributed by atoms with van der Waals surface area (Å²) in [6.45, 7) is 6.77. The second kappa shape index (κ2) is 7.43. The van der Waals surface area contributed by atoms with Gasteiger partial charge in [-0.05, 0) is 61.0 Å². The fourth-order valence-corrected chi connectivity index (χ4v) is 4.09. The number of aromatic nitrogens is 3. The molecule has 3 heterocycles. The average Bonchev–Trinajstić information content (AvgIpc) is 3.15. The summed E-state index contributed by atoms with van der Waals surface area (Å²) >= 11 is 0. The zero-order valence-corrected chi connectivity index (χ0v) is 17.9. The highest BCUT2D eigenvalue weighted by Crippen LogP contribution is 2.30. The molecular weight excluding hydrogens is 384 g/mol. The number of aromatic amines is 1. The van der Waals surface area contributed by atoms with Crippen molar-refractivity contribution in [1.82, 2.24) is 14.4 Å². The van der Waals surface area contributed by atoms with E-state index >= 15 is 0 Å². The topological polar surface area (TPSA) is 62.2 Å². The Morgan fingerprint density at radius 2 is 1.77 bits per heavy atom. The number of imidazole rings is 1. The molecular formula is C26H24N4O. The molecule has 0 radical (unpaired) electrons. The molecule has 0 bridgehead atoms. The first-order valence-corrected chi connectivity index (χ1v) is 10.4. The second-order valence-corrected chi connectivity index (χ2v) is 7.99. The lowest BCUT2D eigenvalue weighted by molar-refractivity contribution is 1.04. The Balaban J connectivity index is 1.71. The van der Waals surface area contributed by atoms with Crippen molar-refractivity contribution in [2.24, 2.45) is 0 Å². The van der Waals surface area contributed by atoms with E-state index in [4.69, 9.17) is 4.98 Å². The maximum absolute atomic E-state index is 13.2. The van der Waals surface area contributed by atoms with Crippen LogP contribution in [0.2, 0.25) is 0 Å². The minimum atomic E-state index is -0.134. The highest BCUT2D eigenvalue weighted by Gasteiger charge is 2.19. The summed E-state index contributed by atoms with van der Waals surface area (Å²) in [7, 11) is 0. The minimum absolute atomic E-state index is 0.134. The van der Waals surface area contributed by atoms with E-state index in [9.17, 15) is 4.79 Å². The van der Waals surface area contributed by atoms with Gasteiger partial charge in [0.1, 0.15) is 17.2 Å². The van der Waals surface area contributed by atoms with Gasteiger partial charge in [-0.25, -0.2) is 4.98 Å². The van der Waals surface area contributed by atoms with Crippen LogP contribution in [0, 0.1) is 20.8 Å². The number of anilines is 1. The van der Waals surface area contributed by atoms with Crippen molar-refractivity contribution >= 4 is 22.4 Å². The van der Waals surface area contributed by atoms with Crippen LogP contribution < -0.4 is 10.9 Å². The van der Waals surface area contributed by atoms with Gasteiger partial charge in [0.05, 0.1) is 11.1 Å². The van der Waals surface area contributed by atoms with Crippen LogP contribution in [-0.2, 0) is 6.54 Å². The molecule has 0 unspecified atom stereocenters. The molecule has 0 saturated heterocycles. The lowest BCUT2D eigenvalue weighted by atomic mass is 10.0. The van der Waals surface area contributed by atoms with Crippen LogP contribution in [0.15, 0.2) is 71.5 Å². The van der Waals surface area contributed by atoms with Gasteiger partial charge in [0, 0.05) is 12.2 Å². The first kappa shape index (κ1) is 19.1. The van der Waals surface area contributed by atoms with E-state index in [0.29, 0.717) is 17.8 Å². The third kappa shape index (κ3) is 3.28. The van der Waals surface area contributed by atoms with Gasteiger partial charge in [-0.15, -0.1) is 0 Å². The summed E-state index contributed by atoms with van der Waals surface area (Å²) in [5.41, 5.74) is 7.24. The summed E-state index contributed by atoms with van der Waals surface area (Å²) in [6.07, 6.45) is 0. The molecule has 0 saturated carbocycles. The van der Waals surface area contributed by atoms with Gasteiger partial charge in [-0.2, -0.15) is 0 Å². The molecule has 0 aliphatic rings. The first-order chi connectivity index (χ1) is 15.0. The number of pyridine rings is 2. The normalized spacial score (nSPS) is 11.3. The maximum atomic E-state index is 13.2. The number of benzene rings is 2. The molecule has 0 fully saturated rings. The predicted molar refractivity (Wildman–Crippen MR) is 127 cm³/mol. The molecule has 2 aromatic carbocycles. The second-order valence-electron chi connectivity index (χ2n) is 7.99. The number of nitrogens with zero attached hydrogens (tertiary/aromatic N) is 2. The Labute approximate surface area is 180 Å². The molecule has 5 heteroatoms. The molecule has 154 valence electrons. The Morgan fingerprint density at radius 3 is 2.58 bits per heavy atom. The van der Waals surface area contributed by atoms with Crippen molar-refractivity contribution in [3.63, 3.8) is 0 Å². The van der Waals surface area contributed by atoms with Crippen molar-refractivity contribution in [2.45, 2.75) is 27.3 Å². The molecule has 5 rings (SSSR count). The molecule has 3 aromatic heterocycles. The third-order valence-corrected chi connectivity index (χ3v) is 5.95. The SMILES string of the molecule is Cc1ccc2cc(-c3nc4cccc(C)n4c3NCc3ccccc3)c(=O)[nH]c2c1C. The maximum Gasteiger partial charge on any atom is 0.258 e. The van der Waals surface area contributed by atoms with Gasteiger partial charge in [0.2, 0.25) is 0 Å². The van der Waals surface area contributed by atoms with E-state index in [1.54, 1.807) is 0 Å². The molecule has 0 spiro atoms. The smallest absolute Gasteiger partial charge is 0.258 e. The van der Waals surface area contributed by atoms with Gasteiger partial charge in [0.15, 0.2) is 0 Å². The predicted octanol–water partition coefficient (Wildman–Crippen LogP) is 5.38. The third-order valence-electron chi connectivity index (χ3n) is 5.95. The van der Waals surface area contributed by atoms with Crippen LogP contribution in [0.25, 0.3) is 27.8 Å². The quantitative estimate of drug-likeness (QED) is 0.420. The summed E-state index contributed by atoms with van der Waals surface area (Å²) in [5, 5.41) is 4.54. The molecule has 2 N–H and O–H groups in total. The number of hydrogen-bond donors (Lipinski definition) is 2. The van der Waals surface area contributed by atoms with E-state index in [2.05, 4.69) is 45.9 Å². The Kier molecular flexibility index (Phi) is 4.59. The van der Waals surface area contributed by atoms with Crippen molar-refractivity contribution in [1.29, 1.82) is 0 Å². The number of nitrogens with one attached hydrogen (secondary N) is 2. The van der Waals surface area contributed by atoms with E-state index in [1.165, 1.54) is 0 Å². The summed E-state index contributed by atoms with van der Waals surface area (Å²) in [5.74, 6) is 0.825. The monoisotopic (exact) mass is 408 g/mol. The van der Waals surface area contributed by atoms with Crippen LogP contribution >= 0.6 is 0 Å². The fraction of sp³-hybridized carbons (Fsp3) is 0.154. The molecule has 0 aliphatic heterocycles. The lowest BCUT2D eigenvalue weighted by Gasteiger charge is -2.11. The van der Waals surface area contributed by atoms with Crippen molar-refractivity contribution in [3.8, 4) is 11.3 Å². The number of hydrogen-bond acceptors (Lipinski definition) is 3. The molecule has 5 aromatic rings. The number of aryl methyl sites for hydroxylation is 3. The Bertz CT molecular complexity index is 1480. The number of fused-ring (bicyclic) bond motifs is 2. The van der Waals surface area contributed by atoms with Crippen LogP contribution in [0.5, 0.6) is 0 Å². The standard InChI is InChI=1S/C26H24N4O/c1-16-12-13-20-14-21(26(31)29-23(20)18(16)3)24-25(27-15-19-9-5-4-6-10-19)30-17(2)8-7-11-22(30)28-24/h4-14,27H,15H2,1-3H3,(H,29,31). The van der Waals surface area contributed by atoms with Gasteiger partial charge in [0.25, 0.3) is 5.56 Å². The van der Waals surface area contributed by atoms with Crippen molar-refractivity contribution in [3.05, 3.63) is 99.5 Å². The van der Waals surface area contributed by atoms with Crippen LogP contribution in [-0.4, -0.2) is 14.4 Å². The average molecular weight is 409 g/mol. The fourth-order valence-electron chi connectivity index (χ4n) is 4.09. The molecule has 31 heavy (non-hydrogen) atoms. The van der Waals surface area contributed by atoms with Crippen LogP contribution in [0.3, 0.4) is 0 Å². The van der Waals surface area contributed by atoms with Crippen LogP contribution in [0.1, 0.15) is 22.4 Å². The lowest BCUT2D eigenvalue weighted by Crippen LogP contribution is -2.12. The minimum Gasteiger partial charge on any atom is -0.365 e. The van der Waals surface area contributed by atoms with Crippen molar-refractivity contribution < 1.29 is 0 Å². The molecule has 5 nitrogen and oxygen atoms in total. The van der Waals surface area contributed by atoms with E-state index < -0.39 is 0 Å². The summed E-state index contributed by atoms with van der Waals surface area (Å²) < 4.78 is 2.07. The molecule has 0 atom stereocenters. The largest absolute Gasteiger partial charge is 0.365 e. The van der Waals surface area contributed by atoms with Crippen molar-refractivity contribution in [2.75, 3.05) is 5.32 Å². The number of rotatable bonds is 4. The highest BCUT2D eigenvalue weighted by atomic mass is 16.1. The van der Waals surface area contributed by atoms with Gasteiger partial charge < -0.3 is 10.3 Å². The first-order valence-electron chi connectivity index (χ1n) is 10.4. The highest BCUT2D eigenvalue weighted by molar-refractivity contribution is 5.88. The van der Waals surface area contributed by atoms with Crippen LogP contribution in [0.4, 0.5) is 5.82 Å². The molecule has 0 amide bonds.